The summed E-state index contributed by atoms with van der Waals surface area (Å²) in [6.07, 6.45) is 0.292. The van der Waals surface area contributed by atoms with Crippen LogP contribution in [0.1, 0.15) is 32.8 Å². The molecule has 2 heterocycles. The van der Waals surface area contributed by atoms with Crippen molar-refractivity contribution in [1.29, 1.82) is 5.26 Å². The van der Waals surface area contributed by atoms with E-state index in [0.717, 1.165) is 4.90 Å². The SMILES string of the molecule is COc1cc(Nc2cc(C#N)nc3cc(F)c(OCCCN4C(=O)c5ccccc5C4=O)cc23)c(Cl)cc1Cl. The predicted octanol–water partition coefficient (Wildman–Crippen LogP) is 6.37. The van der Waals surface area contributed by atoms with Crippen molar-refractivity contribution in [3.8, 4) is 17.6 Å². The Bertz CT molecular complexity index is 1650. The van der Waals surface area contributed by atoms with Crippen molar-refractivity contribution < 1.29 is 23.5 Å². The van der Waals surface area contributed by atoms with E-state index < -0.39 is 5.82 Å². The molecule has 1 N–H and O–H groups in total. The van der Waals surface area contributed by atoms with Crippen molar-refractivity contribution in [2.24, 2.45) is 0 Å². The van der Waals surface area contributed by atoms with Crippen LogP contribution < -0.4 is 14.8 Å². The van der Waals surface area contributed by atoms with Crippen LogP contribution in [0.25, 0.3) is 10.9 Å². The monoisotopic (exact) mass is 564 g/mol. The van der Waals surface area contributed by atoms with E-state index in [0.29, 0.717) is 50.1 Å². The molecule has 0 radical (unpaired) electrons. The van der Waals surface area contributed by atoms with Crippen LogP contribution in [0.15, 0.2) is 54.6 Å². The quantitative estimate of drug-likeness (QED) is 0.196. The van der Waals surface area contributed by atoms with Gasteiger partial charge >= 0.3 is 0 Å². The molecule has 11 heteroatoms. The Morgan fingerprint density at radius 1 is 1.00 bits per heavy atom. The number of methoxy groups -OCH3 is 1. The van der Waals surface area contributed by atoms with Crippen molar-refractivity contribution in [1.82, 2.24) is 9.88 Å². The molecule has 0 spiro atoms. The minimum atomic E-state index is -0.678. The van der Waals surface area contributed by atoms with E-state index in [9.17, 15) is 19.2 Å². The number of nitriles is 1. The lowest BCUT2D eigenvalue weighted by molar-refractivity contribution is 0.0646. The summed E-state index contributed by atoms with van der Waals surface area (Å²) in [4.78, 5) is 30.4. The summed E-state index contributed by atoms with van der Waals surface area (Å²) in [6.45, 7) is 0.168. The molecule has 0 unspecified atom stereocenters. The second-order valence-electron chi connectivity index (χ2n) is 8.57. The summed E-state index contributed by atoms with van der Waals surface area (Å²) in [5, 5.41) is 13.7. The lowest BCUT2D eigenvalue weighted by atomic mass is 10.1. The molecule has 39 heavy (non-hydrogen) atoms. The summed E-state index contributed by atoms with van der Waals surface area (Å²) in [5.74, 6) is -1.07. The van der Waals surface area contributed by atoms with Gasteiger partial charge in [0.1, 0.15) is 17.5 Å². The van der Waals surface area contributed by atoms with Gasteiger partial charge in [-0.05, 0) is 36.8 Å². The van der Waals surface area contributed by atoms with E-state index in [1.807, 2.05) is 6.07 Å². The van der Waals surface area contributed by atoms with Gasteiger partial charge in [0.25, 0.3) is 11.8 Å². The number of rotatable bonds is 8. The standard InChI is InChI=1S/C28H19Cl2FN4O4/c1-38-25-13-24(19(29)11-20(25)30)34-22-9-15(14-32)33-23-12-21(31)26(10-18(22)23)39-8-4-7-35-27(36)16-5-2-3-6-17(16)28(35)37/h2-3,5-6,9-13H,4,7-8H2,1H3,(H,33,34). The van der Waals surface area contributed by atoms with E-state index >= 15 is 0 Å². The average Bonchev–Trinajstić information content (AvgIpc) is 3.17. The summed E-state index contributed by atoms with van der Waals surface area (Å²) >= 11 is 12.5. The minimum Gasteiger partial charge on any atom is -0.495 e. The third-order valence-corrected chi connectivity index (χ3v) is 6.76. The van der Waals surface area contributed by atoms with E-state index in [2.05, 4.69) is 10.3 Å². The summed E-state index contributed by atoms with van der Waals surface area (Å²) < 4.78 is 25.9. The number of imide groups is 1. The number of ether oxygens (including phenoxy) is 2. The number of hydrogen-bond acceptors (Lipinski definition) is 7. The van der Waals surface area contributed by atoms with E-state index in [1.165, 1.54) is 31.4 Å². The number of hydrogen-bond donors (Lipinski definition) is 1. The van der Waals surface area contributed by atoms with Crippen molar-refractivity contribution in [3.63, 3.8) is 0 Å². The van der Waals surface area contributed by atoms with E-state index in [1.54, 1.807) is 30.3 Å². The molecule has 1 aliphatic heterocycles. The molecule has 1 aromatic heterocycles. The van der Waals surface area contributed by atoms with Gasteiger partial charge in [0.05, 0.1) is 51.8 Å². The van der Waals surface area contributed by atoms with Crippen LogP contribution in [-0.4, -0.2) is 42.0 Å². The lowest BCUT2D eigenvalue weighted by Crippen LogP contribution is -2.31. The van der Waals surface area contributed by atoms with Crippen LogP contribution in [-0.2, 0) is 0 Å². The van der Waals surface area contributed by atoms with Crippen molar-refractivity contribution in [2.45, 2.75) is 6.42 Å². The van der Waals surface area contributed by atoms with Gasteiger partial charge in [0.15, 0.2) is 11.6 Å². The predicted molar refractivity (Wildman–Crippen MR) is 145 cm³/mol. The van der Waals surface area contributed by atoms with Gasteiger partial charge < -0.3 is 14.8 Å². The first-order chi connectivity index (χ1) is 18.8. The summed E-state index contributed by atoms with van der Waals surface area (Å²) in [5.41, 5.74) is 1.90. The second kappa shape index (κ2) is 10.8. The fourth-order valence-electron chi connectivity index (χ4n) is 4.27. The van der Waals surface area contributed by atoms with E-state index in [4.69, 9.17) is 32.7 Å². The van der Waals surface area contributed by atoms with Gasteiger partial charge in [0, 0.05) is 24.1 Å². The highest BCUT2D eigenvalue weighted by Gasteiger charge is 2.34. The first kappa shape index (κ1) is 26.2. The molecular weight excluding hydrogens is 546 g/mol. The Hall–Kier alpha value is -4.39. The molecule has 1 aliphatic rings. The first-order valence-electron chi connectivity index (χ1n) is 11.7. The molecule has 0 saturated carbocycles. The summed E-state index contributed by atoms with van der Waals surface area (Å²) in [7, 11) is 1.47. The highest BCUT2D eigenvalue weighted by Crippen LogP contribution is 2.38. The molecule has 0 atom stereocenters. The molecule has 5 rings (SSSR count). The minimum absolute atomic E-state index is 0.0442. The maximum atomic E-state index is 14.9. The third-order valence-electron chi connectivity index (χ3n) is 6.15. The Balaban J connectivity index is 1.36. The molecular formula is C28H19Cl2FN4O4. The lowest BCUT2D eigenvalue weighted by Gasteiger charge is -2.16. The van der Waals surface area contributed by atoms with Gasteiger partial charge in [-0.3, -0.25) is 14.5 Å². The van der Waals surface area contributed by atoms with Crippen LogP contribution in [0.5, 0.6) is 11.5 Å². The maximum absolute atomic E-state index is 14.9. The molecule has 196 valence electrons. The topological polar surface area (TPSA) is 105 Å². The van der Waals surface area contributed by atoms with Crippen LogP contribution in [0.2, 0.25) is 10.0 Å². The highest BCUT2D eigenvalue weighted by atomic mass is 35.5. The number of nitrogens with zero attached hydrogens (tertiary/aromatic N) is 3. The molecule has 0 bridgehead atoms. The normalized spacial score (nSPS) is 12.4. The van der Waals surface area contributed by atoms with Gasteiger partial charge in [-0.2, -0.15) is 5.26 Å². The number of pyridine rings is 1. The number of amides is 2. The van der Waals surface area contributed by atoms with Crippen LogP contribution >= 0.6 is 23.2 Å². The van der Waals surface area contributed by atoms with Gasteiger partial charge in [0.2, 0.25) is 0 Å². The number of benzene rings is 3. The zero-order valence-corrected chi connectivity index (χ0v) is 21.9. The summed E-state index contributed by atoms with van der Waals surface area (Å²) in [6, 6.07) is 15.8. The molecule has 0 fully saturated rings. The van der Waals surface area contributed by atoms with Gasteiger partial charge in [-0.25, -0.2) is 9.37 Å². The number of anilines is 2. The van der Waals surface area contributed by atoms with Gasteiger partial charge in [-0.15, -0.1) is 0 Å². The number of carbonyl (C=O) groups excluding carboxylic acids is 2. The Kier molecular flexibility index (Phi) is 7.24. The third kappa shape index (κ3) is 5.04. The number of aromatic nitrogens is 1. The van der Waals surface area contributed by atoms with E-state index in [-0.39, 0.29) is 41.9 Å². The fraction of sp³-hybridized carbons (Fsp3) is 0.143. The Morgan fingerprint density at radius 2 is 1.72 bits per heavy atom. The molecule has 4 aromatic rings. The van der Waals surface area contributed by atoms with Crippen molar-refractivity contribution >= 4 is 57.3 Å². The highest BCUT2D eigenvalue weighted by molar-refractivity contribution is 6.37. The number of carbonyl (C=O) groups is 2. The largest absolute Gasteiger partial charge is 0.495 e. The molecule has 8 nitrogen and oxygen atoms in total. The molecule has 0 saturated heterocycles. The Morgan fingerprint density at radius 3 is 2.38 bits per heavy atom. The van der Waals surface area contributed by atoms with Gasteiger partial charge in [-0.1, -0.05) is 35.3 Å². The van der Waals surface area contributed by atoms with Crippen molar-refractivity contribution in [3.05, 3.63) is 87.3 Å². The smallest absolute Gasteiger partial charge is 0.261 e. The second-order valence-corrected chi connectivity index (χ2v) is 9.38. The number of nitrogens with one attached hydrogen (secondary N) is 1. The van der Waals surface area contributed by atoms with Crippen LogP contribution in [0.3, 0.4) is 0 Å². The zero-order chi connectivity index (χ0) is 27.7. The number of fused-ring (bicyclic) bond motifs is 2. The Labute approximate surface area is 232 Å². The maximum Gasteiger partial charge on any atom is 0.261 e. The first-order valence-corrected chi connectivity index (χ1v) is 12.5. The average molecular weight is 565 g/mol. The zero-order valence-electron chi connectivity index (χ0n) is 20.4. The van der Waals surface area contributed by atoms with Crippen LogP contribution in [0, 0.1) is 17.1 Å². The molecule has 0 aliphatic carbocycles. The van der Waals surface area contributed by atoms with Crippen LogP contribution in [0.4, 0.5) is 15.8 Å². The molecule has 2 amide bonds. The number of halogens is 3. The molecule has 3 aromatic carbocycles. The fourth-order valence-corrected chi connectivity index (χ4v) is 4.78. The van der Waals surface area contributed by atoms with Crippen molar-refractivity contribution in [2.75, 3.05) is 25.6 Å².